The number of ether oxygens (including phenoxy) is 1. The summed E-state index contributed by atoms with van der Waals surface area (Å²) in [4.78, 5) is 16.6. The molecular formula is C21H34N4O4S. The van der Waals surface area contributed by atoms with Crippen LogP contribution >= 0.6 is 0 Å². The number of rotatable bonds is 8. The molecule has 2 saturated heterocycles. The van der Waals surface area contributed by atoms with E-state index in [1.165, 1.54) is 11.8 Å². The van der Waals surface area contributed by atoms with Gasteiger partial charge in [0.1, 0.15) is 0 Å². The molecule has 0 aromatic heterocycles. The summed E-state index contributed by atoms with van der Waals surface area (Å²) >= 11 is 0. The number of amides is 2. The molecule has 1 atom stereocenters. The van der Waals surface area contributed by atoms with Gasteiger partial charge >= 0.3 is 6.03 Å². The molecule has 3 rings (SSSR count). The number of likely N-dealkylation sites (tertiary alicyclic amines) is 1. The molecule has 8 nitrogen and oxygen atoms in total. The third kappa shape index (κ3) is 6.94. The number of urea groups is 1. The van der Waals surface area contributed by atoms with Crippen LogP contribution in [0.3, 0.4) is 0 Å². The zero-order chi connectivity index (χ0) is 21.4. The SMILES string of the molecule is CS(=O)(=O)N(CCN1CCOCC1)C1CCCN(C(=O)NCCc2ccccc2)C1. The number of nitrogens with zero attached hydrogens (tertiary/aromatic N) is 3. The molecule has 9 heteroatoms. The van der Waals surface area contributed by atoms with E-state index in [9.17, 15) is 13.2 Å². The maximum absolute atomic E-state index is 12.6. The molecule has 1 aromatic rings. The maximum atomic E-state index is 12.6. The summed E-state index contributed by atoms with van der Waals surface area (Å²) in [6.07, 6.45) is 3.63. The summed E-state index contributed by atoms with van der Waals surface area (Å²) in [7, 11) is -3.35. The minimum atomic E-state index is -3.35. The zero-order valence-corrected chi connectivity index (χ0v) is 18.6. The Hall–Kier alpha value is -1.68. The Kier molecular flexibility index (Phi) is 8.50. The van der Waals surface area contributed by atoms with E-state index in [4.69, 9.17) is 4.74 Å². The van der Waals surface area contributed by atoms with Gasteiger partial charge in [-0.25, -0.2) is 13.2 Å². The lowest BCUT2D eigenvalue weighted by Gasteiger charge is -2.39. The summed E-state index contributed by atoms with van der Waals surface area (Å²) in [5.41, 5.74) is 1.18. The highest BCUT2D eigenvalue weighted by molar-refractivity contribution is 7.88. The quantitative estimate of drug-likeness (QED) is 0.655. The molecule has 2 aliphatic heterocycles. The fourth-order valence-corrected chi connectivity index (χ4v) is 5.26. The monoisotopic (exact) mass is 438 g/mol. The third-order valence-corrected chi connectivity index (χ3v) is 7.12. The van der Waals surface area contributed by atoms with Crippen LogP contribution in [0, 0.1) is 0 Å². The summed E-state index contributed by atoms with van der Waals surface area (Å²) < 4.78 is 31.9. The predicted molar refractivity (Wildman–Crippen MR) is 117 cm³/mol. The van der Waals surface area contributed by atoms with Gasteiger partial charge in [-0.2, -0.15) is 4.31 Å². The minimum absolute atomic E-state index is 0.114. The molecule has 168 valence electrons. The topological polar surface area (TPSA) is 82.2 Å². The van der Waals surface area contributed by atoms with Crippen molar-refractivity contribution in [2.75, 3.05) is 65.3 Å². The van der Waals surface area contributed by atoms with E-state index in [0.717, 1.165) is 32.4 Å². The Morgan fingerprint density at radius 1 is 1.20 bits per heavy atom. The van der Waals surface area contributed by atoms with E-state index in [0.29, 0.717) is 45.9 Å². The van der Waals surface area contributed by atoms with Crippen LogP contribution in [-0.2, 0) is 21.2 Å². The molecule has 1 unspecified atom stereocenters. The molecule has 0 spiro atoms. The van der Waals surface area contributed by atoms with Crippen LogP contribution in [0.5, 0.6) is 0 Å². The normalized spacial score (nSPS) is 21.0. The van der Waals surface area contributed by atoms with Crippen molar-refractivity contribution in [2.45, 2.75) is 25.3 Å². The van der Waals surface area contributed by atoms with Crippen LogP contribution in [0.15, 0.2) is 30.3 Å². The van der Waals surface area contributed by atoms with Gasteiger partial charge in [0, 0.05) is 51.9 Å². The lowest BCUT2D eigenvalue weighted by atomic mass is 10.1. The molecule has 1 N–H and O–H groups in total. The Labute approximate surface area is 180 Å². The average molecular weight is 439 g/mol. The van der Waals surface area contributed by atoms with Crippen LogP contribution in [0.1, 0.15) is 18.4 Å². The van der Waals surface area contributed by atoms with E-state index >= 15 is 0 Å². The number of carbonyl (C=O) groups excluding carboxylic acids is 1. The van der Waals surface area contributed by atoms with Gasteiger partial charge in [-0.3, -0.25) is 4.90 Å². The second-order valence-corrected chi connectivity index (χ2v) is 9.97. The van der Waals surface area contributed by atoms with Gasteiger partial charge < -0.3 is 15.0 Å². The van der Waals surface area contributed by atoms with E-state index in [2.05, 4.69) is 10.2 Å². The maximum Gasteiger partial charge on any atom is 0.317 e. The average Bonchev–Trinajstić information content (AvgIpc) is 2.74. The highest BCUT2D eigenvalue weighted by Gasteiger charge is 2.32. The molecule has 30 heavy (non-hydrogen) atoms. The van der Waals surface area contributed by atoms with Crippen molar-refractivity contribution in [1.29, 1.82) is 0 Å². The van der Waals surface area contributed by atoms with E-state index in [1.807, 2.05) is 30.3 Å². The fraction of sp³-hybridized carbons (Fsp3) is 0.667. The molecule has 0 saturated carbocycles. The van der Waals surface area contributed by atoms with Gasteiger partial charge in [-0.05, 0) is 24.8 Å². The Morgan fingerprint density at radius 3 is 2.63 bits per heavy atom. The van der Waals surface area contributed by atoms with E-state index in [-0.39, 0.29) is 12.1 Å². The highest BCUT2D eigenvalue weighted by Crippen LogP contribution is 2.19. The smallest absolute Gasteiger partial charge is 0.317 e. The summed E-state index contributed by atoms with van der Waals surface area (Å²) in [6.45, 7) is 5.86. The number of benzene rings is 1. The standard InChI is InChI=1S/C21H34N4O4S/c1-30(27,28)25(13-12-23-14-16-29-17-15-23)20-8-5-11-24(18-20)21(26)22-10-9-19-6-3-2-4-7-19/h2-4,6-7,20H,5,8-18H2,1H3,(H,22,26). The van der Waals surface area contributed by atoms with Crippen molar-refractivity contribution >= 4 is 16.1 Å². The Morgan fingerprint density at radius 2 is 1.93 bits per heavy atom. The summed E-state index contributed by atoms with van der Waals surface area (Å²) in [5.74, 6) is 0. The van der Waals surface area contributed by atoms with Gasteiger partial charge in [0.2, 0.25) is 10.0 Å². The van der Waals surface area contributed by atoms with Crippen molar-refractivity contribution in [1.82, 2.24) is 19.4 Å². The number of sulfonamides is 1. The van der Waals surface area contributed by atoms with Crippen molar-refractivity contribution in [3.05, 3.63) is 35.9 Å². The van der Waals surface area contributed by atoms with Crippen LogP contribution in [0.25, 0.3) is 0 Å². The number of piperidine rings is 1. The van der Waals surface area contributed by atoms with Gasteiger partial charge in [0.25, 0.3) is 0 Å². The van der Waals surface area contributed by atoms with Gasteiger partial charge in [-0.1, -0.05) is 30.3 Å². The van der Waals surface area contributed by atoms with Gasteiger partial charge in [0.05, 0.1) is 19.5 Å². The second kappa shape index (κ2) is 11.1. The van der Waals surface area contributed by atoms with Crippen molar-refractivity contribution in [3.63, 3.8) is 0 Å². The zero-order valence-electron chi connectivity index (χ0n) is 17.8. The molecule has 0 radical (unpaired) electrons. The number of carbonyl (C=O) groups is 1. The van der Waals surface area contributed by atoms with Gasteiger partial charge in [0.15, 0.2) is 0 Å². The number of hydrogen-bond acceptors (Lipinski definition) is 5. The first-order valence-electron chi connectivity index (χ1n) is 10.8. The molecular weight excluding hydrogens is 404 g/mol. The van der Waals surface area contributed by atoms with Crippen molar-refractivity contribution in [3.8, 4) is 0 Å². The predicted octanol–water partition coefficient (Wildman–Crippen LogP) is 0.997. The number of nitrogens with one attached hydrogen (secondary N) is 1. The molecule has 1 aromatic carbocycles. The first-order chi connectivity index (χ1) is 14.4. The van der Waals surface area contributed by atoms with Crippen molar-refractivity contribution in [2.24, 2.45) is 0 Å². The minimum Gasteiger partial charge on any atom is -0.379 e. The highest BCUT2D eigenvalue weighted by atomic mass is 32.2. The van der Waals surface area contributed by atoms with Crippen LogP contribution in [-0.4, -0.2) is 99.9 Å². The summed E-state index contributed by atoms with van der Waals surface area (Å²) in [6, 6.07) is 9.75. The number of hydrogen-bond donors (Lipinski definition) is 1. The summed E-state index contributed by atoms with van der Waals surface area (Å²) in [5, 5.41) is 2.98. The Bertz CT molecular complexity index is 768. The molecule has 0 aliphatic carbocycles. The third-order valence-electron chi connectivity index (χ3n) is 5.79. The largest absolute Gasteiger partial charge is 0.379 e. The molecule has 2 amide bonds. The molecule has 0 bridgehead atoms. The first-order valence-corrected chi connectivity index (χ1v) is 12.6. The molecule has 2 aliphatic rings. The molecule has 2 fully saturated rings. The van der Waals surface area contributed by atoms with E-state index < -0.39 is 10.0 Å². The number of morpholine rings is 1. The fourth-order valence-electron chi connectivity index (χ4n) is 4.13. The van der Waals surface area contributed by atoms with Crippen LogP contribution < -0.4 is 5.32 Å². The Balaban J connectivity index is 1.51. The second-order valence-electron chi connectivity index (χ2n) is 8.04. The van der Waals surface area contributed by atoms with E-state index in [1.54, 1.807) is 9.21 Å². The lowest BCUT2D eigenvalue weighted by Crippen LogP contribution is -2.55. The lowest BCUT2D eigenvalue weighted by molar-refractivity contribution is 0.0342. The van der Waals surface area contributed by atoms with Gasteiger partial charge in [-0.15, -0.1) is 0 Å². The van der Waals surface area contributed by atoms with Crippen LogP contribution in [0.4, 0.5) is 4.79 Å². The van der Waals surface area contributed by atoms with Crippen molar-refractivity contribution < 1.29 is 17.9 Å². The first kappa shape index (κ1) is 23.0. The molecule has 2 heterocycles. The van der Waals surface area contributed by atoms with Crippen LogP contribution in [0.2, 0.25) is 0 Å².